The van der Waals surface area contributed by atoms with Crippen molar-refractivity contribution in [3.05, 3.63) is 59.2 Å². The Morgan fingerprint density at radius 3 is 2.70 bits per heavy atom. The van der Waals surface area contributed by atoms with Crippen LogP contribution in [0.1, 0.15) is 26.4 Å². The molecular weight excluding hydrogens is 263 g/mol. The molecule has 1 aromatic heterocycles. The SMILES string of the molecule is Cc1ccc(F)c(C(=O)Nc2ccnc(C(=O)O)c2)c1. The van der Waals surface area contributed by atoms with Crippen molar-refractivity contribution < 1.29 is 19.1 Å². The number of aromatic carboxylic acids is 1. The second-order valence-electron chi connectivity index (χ2n) is 4.17. The van der Waals surface area contributed by atoms with Gasteiger partial charge in [-0.3, -0.25) is 4.79 Å². The van der Waals surface area contributed by atoms with E-state index in [0.717, 1.165) is 5.56 Å². The Morgan fingerprint density at radius 1 is 1.25 bits per heavy atom. The minimum Gasteiger partial charge on any atom is -0.477 e. The number of hydrogen-bond donors (Lipinski definition) is 2. The second kappa shape index (κ2) is 5.48. The number of pyridine rings is 1. The monoisotopic (exact) mass is 274 g/mol. The predicted octanol–water partition coefficient (Wildman–Crippen LogP) is 2.48. The third-order valence-corrected chi connectivity index (χ3v) is 2.60. The van der Waals surface area contributed by atoms with Gasteiger partial charge in [-0.25, -0.2) is 14.2 Å². The number of anilines is 1. The minimum atomic E-state index is -1.21. The van der Waals surface area contributed by atoms with Crippen molar-refractivity contribution in [1.82, 2.24) is 4.98 Å². The molecule has 0 spiro atoms. The summed E-state index contributed by atoms with van der Waals surface area (Å²) in [4.78, 5) is 26.3. The summed E-state index contributed by atoms with van der Waals surface area (Å²) in [6, 6.07) is 6.82. The van der Waals surface area contributed by atoms with E-state index >= 15 is 0 Å². The first kappa shape index (κ1) is 13.7. The number of carboxylic acid groups (broad SMARTS) is 1. The van der Waals surface area contributed by atoms with Crippen LogP contribution in [0.2, 0.25) is 0 Å². The van der Waals surface area contributed by atoms with Crippen LogP contribution in [0.4, 0.5) is 10.1 Å². The van der Waals surface area contributed by atoms with Gasteiger partial charge in [0.15, 0.2) is 0 Å². The summed E-state index contributed by atoms with van der Waals surface area (Å²) in [5.41, 5.74) is 0.687. The number of carbonyl (C=O) groups is 2. The van der Waals surface area contributed by atoms with Gasteiger partial charge in [0.05, 0.1) is 5.56 Å². The normalized spacial score (nSPS) is 10.1. The lowest BCUT2D eigenvalue weighted by Gasteiger charge is -2.07. The highest BCUT2D eigenvalue weighted by Crippen LogP contribution is 2.14. The van der Waals surface area contributed by atoms with E-state index in [2.05, 4.69) is 10.3 Å². The standard InChI is InChI=1S/C14H11FN2O3/c1-8-2-3-11(15)10(6-8)13(18)17-9-4-5-16-12(7-9)14(19)20/h2-7H,1H3,(H,19,20)(H,16,17,18). The molecular formula is C14H11FN2O3. The van der Waals surface area contributed by atoms with E-state index in [4.69, 9.17) is 5.11 Å². The number of hydrogen-bond acceptors (Lipinski definition) is 3. The van der Waals surface area contributed by atoms with Gasteiger partial charge in [0.1, 0.15) is 11.5 Å². The molecule has 2 N–H and O–H groups in total. The van der Waals surface area contributed by atoms with Gasteiger partial charge in [0.25, 0.3) is 5.91 Å². The lowest BCUT2D eigenvalue weighted by molar-refractivity contribution is 0.0690. The van der Waals surface area contributed by atoms with Gasteiger partial charge in [0, 0.05) is 11.9 Å². The molecule has 6 heteroatoms. The first-order valence-electron chi connectivity index (χ1n) is 5.74. The average molecular weight is 274 g/mol. The molecule has 0 bridgehead atoms. The molecule has 5 nitrogen and oxygen atoms in total. The fourth-order valence-corrected chi connectivity index (χ4v) is 1.64. The molecule has 0 aliphatic carbocycles. The molecule has 0 aliphatic heterocycles. The lowest BCUT2D eigenvalue weighted by atomic mass is 10.1. The number of rotatable bonds is 3. The van der Waals surface area contributed by atoms with E-state index in [1.807, 2.05) is 0 Å². The zero-order valence-electron chi connectivity index (χ0n) is 10.6. The molecule has 0 unspecified atom stereocenters. The zero-order chi connectivity index (χ0) is 14.7. The molecule has 0 aliphatic rings. The van der Waals surface area contributed by atoms with Crippen LogP contribution >= 0.6 is 0 Å². The van der Waals surface area contributed by atoms with Crippen molar-refractivity contribution >= 4 is 17.6 Å². The summed E-state index contributed by atoms with van der Waals surface area (Å²) in [7, 11) is 0. The first-order valence-corrected chi connectivity index (χ1v) is 5.74. The Balaban J connectivity index is 2.25. The van der Waals surface area contributed by atoms with Gasteiger partial charge in [-0.2, -0.15) is 0 Å². The molecule has 0 fully saturated rings. The Morgan fingerprint density at radius 2 is 2.00 bits per heavy atom. The Kier molecular flexibility index (Phi) is 3.74. The smallest absolute Gasteiger partial charge is 0.354 e. The summed E-state index contributed by atoms with van der Waals surface area (Å²) >= 11 is 0. The van der Waals surface area contributed by atoms with E-state index in [-0.39, 0.29) is 16.9 Å². The van der Waals surface area contributed by atoms with Crippen LogP contribution in [0.25, 0.3) is 0 Å². The molecule has 0 radical (unpaired) electrons. The third kappa shape index (κ3) is 2.97. The van der Waals surface area contributed by atoms with E-state index in [0.29, 0.717) is 0 Å². The van der Waals surface area contributed by atoms with Gasteiger partial charge in [-0.15, -0.1) is 0 Å². The van der Waals surface area contributed by atoms with Crippen LogP contribution < -0.4 is 5.32 Å². The molecule has 1 heterocycles. The van der Waals surface area contributed by atoms with Gasteiger partial charge < -0.3 is 10.4 Å². The van der Waals surface area contributed by atoms with Crippen LogP contribution in [0, 0.1) is 12.7 Å². The van der Waals surface area contributed by atoms with Gasteiger partial charge in [-0.1, -0.05) is 11.6 Å². The molecule has 102 valence electrons. The number of nitrogens with zero attached hydrogens (tertiary/aromatic N) is 1. The average Bonchev–Trinajstić information content (AvgIpc) is 2.41. The van der Waals surface area contributed by atoms with Crippen LogP contribution in [0.5, 0.6) is 0 Å². The molecule has 0 atom stereocenters. The Bertz CT molecular complexity index is 686. The van der Waals surface area contributed by atoms with E-state index < -0.39 is 17.7 Å². The van der Waals surface area contributed by atoms with E-state index in [9.17, 15) is 14.0 Å². The quantitative estimate of drug-likeness (QED) is 0.901. The predicted molar refractivity (Wildman–Crippen MR) is 70.3 cm³/mol. The summed E-state index contributed by atoms with van der Waals surface area (Å²) in [5.74, 6) is -2.49. The fraction of sp³-hybridized carbons (Fsp3) is 0.0714. The van der Waals surface area contributed by atoms with Crippen LogP contribution in [0.15, 0.2) is 36.5 Å². The molecule has 1 amide bonds. The molecule has 2 rings (SSSR count). The maximum atomic E-state index is 13.6. The number of benzene rings is 1. The highest BCUT2D eigenvalue weighted by molar-refractivity contribution is 6.04. The van der Waals surface area contributed by atoms with Crippen molar-refractivity contribution in [2.75, 3.05) is 5.32 Å². The summed E-state index contributed by atoms with van der Waals surface area (Å²) in [6.45, 7) is 1.74. The number of aryl methyl sites for hydroxylation is 1. The number of nitrogens with one attached hydrogen (secondary N) is 1. The highest BCUT2D eigenvalue weighted by atomic mass is 19.1. The summed E-state index contributed by atoms with van der Waals surface area (Å²) < 4.78 is 13.6. The second-order valence-corrected chi connectivity index (χ2v) is 4.17. The van der Waals surface area contributed by atoms with Crippen LogP contribution in [-0.4, -0.2) is 22.0 Å². The van der Waals surface area contributed by atoms with E-state index in [1.165, 1.54) is 30.5 Å². The largest absolute Gasteiger partial charge is 0.477 e. The van der Waals surface area contributed by atoms with Gasteiger partial charge in [-0.05, 0) is 31.2 Å². The number of halogens is 1. The van der Waals surface area contributed by atoms with Crippen molar-refractivity contribution in [1.29, 1.82) is 0 Å². The van der Waals surface area contributed by atoms with Gasteiger partial charge >= 0.3 is 5.97 Å². The topological polar surface area (TPSA) is 79.3 Å². The Labute approximate surface area is 114 Å². The van der Waals surface area contributed by atoms with Crippen LogP contribution in [-0.2, 0) is 0 Å². The Hall–Kier alpha value is -2.76. The van der Waals surface area contributed by atoms with Crippen molar-refractivity contribution in [2.45, 2.75) is 6.92 Å². The molecule has 1 aromatic carbocycles. The molecule has 0 saturated heterocycles. The number of carboxylic acids is 1. The third-order valence-electron chi connectivity index (χ3n) is 2.60. The fourth-order valence-electron chi connectivity index (χ4n) is 1.64. The zero-order valence-corrected chi connectivity index (χ0v) is 10.6. The van der Waals surface area contributed by atoms with Crippen molar-refractivity contribution in [3.8, 4) is 0 Å². The van der Waals surface area contributed by atoms with E-state index in [1.54, 1.807) is 13.0 Å². The highest BCUT2D eigenvalue weighted by Gasteiger charge is 2.13. The van der Waals surface area contributed by atoms with Crippen molar-refractivity contribution in [3.63, 3.8) is 0 Å². The number of aromatic nitrogens is 1. The maximum absolute atomic E-state index is 13.6. The van der Waals surface area contributed by atoms with Crippen molar-refractivity contribution in [2.24, 2.45) is 0 Å². The number of carbonyl (C=O) groups excluding carboxylic acids is 1. The molecule has 0 saturated carbocycles. The van der Waals surface area contributed by atoms with Gasteiger partial charge in [0.2, 0.25) is 0 Å². The first-order chi connectivity index (χ1) is 9.47. The number of amides is 1. The maximum Gasteiger partial charge on any atom is 0.354 e. The lowest BCUT2D eigenvalue weighted by Crippen LogP contribution is -2.14. The minimum absolute atomic E-state index is 0.0984. The summed E-state index contributed by atoms with van der Waals surface area (Å²) in [5, 5.41) is 11.2. The van der Waals surface area contributed by atoms with Crippen LogP contribution in [0.3, 0.4) is 0 Å². The molecule has 20 heavy (non-hydrogen) atoms. The summed E-state index contributed by atoms with van der Waals surface area (Å²) in [6.07, 6.45) is 1.26. The molecule has 2 aromatic rings.